The minimum atomic E-state index is -1.24. The van der Waals surface area contributed by atoms with Crippen LogP contribution >= 0.6 is 34.5 Å². The van der Waals surface area contributed by atoms with Crippen LogP contribution in [0.15, 0.2) is 0 Å². The van der Waals surface area contributed by atoms with Crippen LogP contribution in [0.1, 0.15) is 42.8 Å². The first-order chi connectivity index (χ1) is 15.7. The van der Waals surface area contributed by atoms with Gasteiger partial charge in [0.2, 0.25) is 5.79 Å². The number of nitrogens with one attached hydrogen (secondary N) is 3. The van der Waals surface area contributed by atoms with Crippen LogP contribution in [0.5, 0.6) is 0 Å². The van der Waals surface area contributed by atoms with E-state index in [1.54, 1.807) is 11.8 Å². The number of hydrogen-bond donors (Lipinski definition) is 4. The molecule has 2 amide bonds. The topological polar surface area (TPSA) is 146 Å². The Bertz CT molecular complexity index is 1110. The van der Waals surface area contributed by atoms with Crippen molar-refractivity contribution < 1.29 is 29.0 Å². The van der Waals surface area contributed by atoms with E-state index in [1.807, 2.05) is 0 Å². The SMILES string of the molecule is CNC(=O)c1nc(N2CCC(NC(=O)c3[nH]c(C)c(Cl)c3Cl)C3(C2)OCCO3)sc1C(=O)O. The van der Waals surface area contributed by atoms with E-state index < -0.39 is 29.6 Å². The third kappa shape index (κ3) is 4.28. The lowest BCUT2D eigenvalue weighted by atomic mass is 9.97. The molecule has 0 bridgehead atoms. The highest BCUT2D eigenvalue weighted by atomic mass is 35.5. The predicted octanol–water partition coefficient (Wildman–Crippen LogP) is 1.90. The number of nitrogens with zero attached hydrogens (tertiary/aromatic N) is 2. The molecule has 4 heterocycles. The van der Waals surface area contributed by atoms with Crippen LogP contribution < -0.4 is 15.5 Å². The second kappa shape index (κ2) is 9.11. The summed E-state index contributed by atoms with van der Waals surface area (Å²) in [5, 5.41) is 15.6. The first-order valence-corrected chi connectivity index (χ1v) is 11.6. The van der Waals surface area contributed by atoms with Crippen molar-refractivity contribution in [2.45, 2.75) is 25.2 Å². The molecule has 14 heteroatoms. The molecule has 0 aliphatic carbocycles. The molecule has 0 saturated carbocycles. The smallest absolute Gasteiger partial charge is 0.348 e. The van der Waals surface area contributed by atoms with E-state index in [2.05, 4.69) is 20.6 Å². The molecule has 2 aliphatic heterocycles. The van der Waals surface area contributed by atoms with Gasteiger partial charge in [0.05, 0.1) is 35.8 Å². The zero-order chi connectivity index (χ0) is 23.9. The molecular weight excluding hydrogens is 497 g/mol. The van der Waals surface area contributed by atoms with Crippen molar-refractivity contribution in [3.63, 3.8) is 0 Å². The number of aromatic amines is 1. The van der Waals surface area contributed by atoms with E-state index in [0.717, 1.165) is 11.3 Å². The molecule has 1 spiro atoms. The second-order valence-electron chi connectivity index (χ2n) is 7.56. The van der Waals surface area contributed by atoms with Crippen molar-refractivity contribution in [1.29, 1.82) is 0 Å². The molecule has 2 aliphatic rings. The number of hydrogen-bond acceptors (Lipinski definition) is 8. The maximum absolute atomic E-state index is 12.9. The summed E-state index contributed by atoms with van der Waals surface area (Å²) in [6.07, 6.45) is 0.411. The largest absolute Gasteiger partial charge is 0.477 e. The number of amides is 2. The number of carboxylic acid groups (broad SMARTS) is 1. The molecule has 0 aromatic carbocycles. The Morgan fingerprint density at radius 1 is 1.24 bits per heavy atom. The van der Waals surface area contributed by atoms with Gasteiger partial charge >= 0.3 is 5.97 Å². The van der Waals surface area contributed by atoms with Gasteiger partial charge in [-0.25, -0.2) is 9.78 Å². The summed E-state index contributed by atoms with van der Waals surface area (Å²) < 4.78 is 11.9. The van der Waals surface area contributed by atoms with Crippen LogP contribution in [0.2, 0.25) is 10.0 Å². The fourth-order valence-electron chi connectivity index (χ4n) is 3.89. The van der Waals surface area contributed by atoms with E-state index in [9.17, 15) is 19.5 Å². The lowest BCUT2D eigenvalue weighted by Gasteiger charge is -2.44. The first kappa shape index (κ1) is 23.8. The van der Waals surface area contributed by atoms with Gasteiger partial charge in [-0.2, -0.15) is 0 Å². The molecule has 4 rings (SSSR count). The quantitative estimate of drug-likeness (QED) is 0.470. The summed E-state index contributed by atoms with van der Waals surface area (Å²) in [6, 6.07) is -0.514. The number of carboxylic acids is 1. The van der Waals surface area contributed by atoms with E-state index in [4.69, 9.17) is 32.7 Å². The average Bonchev–Trinajstić information content (AvgIpc) is 3.50. The highest BCUT2D eigenvalue weighted by Gasteiger charge is 2.50. The number of carbonyl (C=O) groups excluding carboxylic acids is 2. The lowest BCUT2D eigenvalue weighted by molar-refractivity contribution is -0.177. The normalized spacial score (nSPS) is 19.6. The molecule has 0 radical (unpaired) electrons. The van der Waals surface area contributed by atoms with E-state index in [-0.39, 0.29) is 32.9 Å². The summed E-state index contributed by atoms with van der Waals surface area (Å²) in [5.74, 6) is -3.44. The summed E-state index contributed by atoms with van der Waals surface area (Å²) >= 11 is 13.2. The summed E-state index contributed by atoms with van der Waals surface area (Å²) in [6.45, 7) is 2.96. The molecule has 1 unspecified atom stereocenters. The van der Waals surface area contributed by atoms with Gasteiger partial charge in [0.15, 0.2) is 10.8 Å². The van der Waals surface area contributed by atoms with Crippen LogP contribution in [0.3, 0.4) is 0 Å². The maximum atomic E-state index is 12.9. The zero-order valence-corrected chi connectivity index (χ0v) is 20.0. The standard InChI is InChI=1S/C19H21Cl2N5O6S/c1-8-10(20)11(21)12(23-8)16(28)24-9-3-4-26(7-19(9)31-5-6-32-19)18-25-13(15(27)22-2)14(33-18)17(29)30/h9,23H,3-7H2,1-2H3,(H,22,27)(H,24,28)(H,29,30). The fourth-order valence-corrected chi connectivity index (χ4v) is 5.23. The fraction of sp³-hybridized carbons (Fsp3) is 0.474. The zero-order valence-electron chi connectivity index (χ0n) is 17.7. The van der Waals surface area contributed by atoms with E-state index >= 15 is 0 Å². The molecule has 2 aromatic rings. The number of aromatic nitrogens is 2. The van der Waals surface area contributed by atoms with Gasteiger partial charge < -0.3 is 35.1 Å². The van der Waals surface area contributed by atoms with Crippen molar-refractivity contribution in [3.05, 3.63) is 32.0 Å². The summed E-state index contributed by atoms with van der Waals surface area (Å²) in [4.78, 5) is 45.3. The van der Waals surface area contributed by atoms with Crippen LogP contribution in [-0.4, -0.2) is 78.0 Å². The molecular formula is C19H21Cl2N5O6S. The predicted molar refractivity (Wildman–Crippen MR) is 121 cm³/mol. The minimum Gasteiger partial charge on any atom is -0.477 e. The number of piperidine rings is 1. The molecule has 11 nitrogen and oxygen atoms in total. The Balaban J connectivity index is 1.57. The Kier molecular flexibility index (Phi) is 6.56. The number of halogens is 2. The third-order valence-electron chi connectivity index (χ3n) is 5.52. The Hall–Kier alpha value is -2.38. The molecule has 1 atom stereocenters. The van der Waals surface area contributed by atoms with Gasteiger partial charge in [-0.05, 0) is 13.3 Å². The van der Waals surface area contributed by atoms with Crippen molar-refractivity contribution >= 4 is 57.5 Å². The number of aryl methyl sites for hydroxylation is 1. The van der Waals surface area contributed by atoms with Crippen molar-refractivity contribution in [3.8, 4) is 0 Å². The van der Waals surface area contributed by atoms with Crippen LogP contribution in [-0.2, 0) is 9.47 Å². The molecule has 33 heavy (non-hydrogen) atoms. The lowest BCUT2D eigenvalue weighted by Crippen LogP contribution is -2.63. The van der Waals surface area contributed by atoms with Gasteiger partial charge in [0.1, 0.15) is 10.6 Å². The summed E-state index contributed by atoms with van der Waals surface area (Å²) in [5.41, 5.74) is 0.571. The Labute approximate surface area is 202 Å². The highest BCUT2D eigenvalue weighted by molar-refractivity contribution is 7.17. The number of carbonyl (C=O) groups is 3. The van der Waals surface area contributed by atoms with Gasteiger partial charge in [0, 0.05) is 19.3 Å². The number of rotatable bonds is 5. The highest BCUT2D eigenvalue weighted by Crippen LogP contribution is 2.36. The van der Waals surface area contributed by atoms with E-state index in [1.165, 1.54) is 7.05 Å². The van der Waals surface area contributed by atoms with Crippen molar-refractivity contribution in [2.75, 3.05) is 38.3 Å². The van der Waals surface area contributed by atoms with Crippen LogP contribution in [0, 0.1) is 6.92 Å². The van der Waals surface area contributed by atoms with E-state index in [0.29, 0.717) is 37.0 Å². The number of H-pyrrole nitrogens is 1. The number of thiazole rings is 1. The molecule has 2 saturated heterocycles. The van der Waals surface area contributed by atoms with Gasteiger partial charge in [-0.1, -0.05) is 34.5 Å². The third-order valence-corrected chi connectivity index (χ3v) is 7.57. The first-order valence-electron chi connectivity index (χ1n) is 10.0. The van der Waals surface area contributed by atoms with Crippen molar-refractivity contribution in [1.82, 2.24) is 20.6 Å². The van der Waals surface area contributed by atoms with Crippen LogP contribution in [0.4, 0.5) is 5.13 Å². The van der Waals surface area contributed by atoms with Crippen LogP contribution in [0.25, 0.3) is 0 Å². The number of anilines is 1. The summed E-state index contributed by atoms with van der Waals surface area (Å²) in [7, 11) is 1.40. The second-order valence-corrected chi connectivity index (χ2v) is 9.29. The number of aromatic carboxylic acids is 1. The minimum absolute atomic E-state index is 0.136. The molecule has 178 valence electrons. The molecule has 4 N–H and O–H groups in total. The molecule has 2 fully saturated rings. The number of ether oxygens (including phenoxy) is 2. The monoisotopic (exact) mass is 517 g/mol. The Morgan fingerprint density at radius 2 is 1.94 bits per heavy atom. The van der Waals surface area contributed by atoms with Gasteiger partial charge in [0.25, 0.3) is 11.8 Å². The maximum Gasteiger partial charge on any atom is 0.348 e. The average molecular weight is 518 g/mol. The molecule has 2 aromatic heterocycles. The Morgan fingerprint density at radius 3 is 2.52 bits per heavy atom. The van der Waals surface area contributed by atoms with Gasteiger partial charge in [-0.15, -0.1) is 0 Å². The van der Waals surface area contributed by atoms with Crippen molar-refractivity contribution in [2.24, 2.45) is 0 Å². The van der Waals surface area contributed by atoms with Gasteiger partial charge in [-0.3, -0.25) is 9.59 Å².